The van der Waals surface area contributed by atoms with Crippen molar-refractivity contribution >= 4 is 56.4 Å². The first-order chi connectivity index (χ1) is 21.3. The van der Waals surface area contributed by atoms with Crippen molar-refractivity contribution in [2.24, 2.45) is 0 Å². The highest BCUT2D eigenvalue weighted by Crippen LogP contribution is 2.38. The number of pyridine rings is 2. The molecule has 0 N–H and O–H groups in total. The Labute approximate surface area is 252 Å². The Morgan fingerprint density at radius 2 is 1.07 bits per heavy atom. The van der Waals surface area contributed by atoms with Gasteiger partial charge in [-0.2, -0.15) is 0 Å². The van der Waals surface area contributed by atoms with Crippen LogP contribution < -0.4 is 15.9 Å². The molecule has 0 saturated heterocycles. The second-order valence-electron chi connectivity index (χ2n) is 10.7. The first-order valence-corrected chi connectivity index (χ1v) is 15.8. The summed E-state index contributed by atoms with van der Waals surface area (Å²) in [5, 5.41) is 8.55. The summed E-state index contributed by atoms with van der Waals surface area (Å²) in [7, 11) is -0.690. The molecule has 0 aliphatic heterocycles. The summed E-state index contributed by atoms with van der Waals surface area (Å²) < 4.78 is 0. The standard InChI is InChI=1S/C40H27N2P/c1-4-12-28(13-5-1)39-36-24-21-29-15-11-25-41-40(29)38(36)35-23-22-31(27-37(35)42-39)30-14-10-20-34(26-30)43(32-16-6-2-7-17-32)33-18-8-3-9-19-33/h1-27H. The van der Waals surface area contributed by atoms with Crippen LogP contribution in [0.5, 0.6) is 0 Å². The van der Waals surface area contributed by atoms with E-state index in [0.717, 1.165) is 49.4 Å². The van der Waals surface area contributed by atoms with Crippen LogP contribution >= 0.6 is 7.92 Å². The summed E-state index contributed by atoms with van der Waals surface area (Å²) in [6.45, 7) is 0. The Hall–Kier alpha value is -5.17. The van der Waals surface area contributed by atoms with E-state index in [9.17, 15) is 0 Å². The van der Waals surface area contributed by atoms with Crippen molar-refractivity contribution in [1.82, 2.24) is 9.97 Å². The first-order valence-electron chi connectivity index (χ1n) is 14.5. The highest BCUT2D eigenvalue weighted by Gasteiger charge is 2.18. The molecule has 0 amide bonds. The normalized spacial score (nSPS) is 11.5. The van der Waals surface area contributed by atoms with Gasteiger partial charge in [-0.3, -0.25) is 4.98 Å². The zero-order valence-electron chi connectivity index (χ0n) is 23.4. The van der Waals surface area contributed by atoms with Gasteiger partial charge in [0.25, 0.3) is 0 Å². The van der Waals surface area contributed by atoms with Gasteiger partial charge < -0.3 is 0 Å². The molecule has 0 radical (unpaired) electrons. The second-order valence-corrected chi connectivity index (χ2v) is 12.9. The third kappa shape index (κ3) is 4.67. The van der Waals surface area contributed by atoms with Gasteiger partial charge in [0.15, 0.2) is 0 Å². The quantitative estimate of drug-likeness (QED) is 0.153. The molecule has 0 bridgehead atoms. The van der Waals surface area contributed by atoms with Gasteiger partial charge in [-0.25, -0.2) is 4.98 Å². The minimum atomic E-state index is -0.690. The Morgan fingerprint density at radius 1 is 0.442 bits per heavy atom. The smallest absolute Gasteiger partial charge is 0.0788 e. The third-order valence-electron chi connectivity index (χ3n) is 8.04. The SMILES string of the molecule is c1ccc(-c2nc3cc(-c4cccc(P(c5ccccc5)c5ccccc5)c4)ccc3c3c2ccc2cccnc23)cc1. The van der Waals surface area contributed by atoms with Crippen molar-refractivity contribution < 1.29 is 0 Å². The van der Waals surface area contributed by atoms with Crippen LogP contribution in [0.15, 0.2) is 164 Å². The summed E-state index contributed by atoms with van der Waals surface area (Å²) >= 11 is 0. The zero-order valence-corrected chi connectivity index (χ0v) is 24.3. The van der Waals surface area contributed by atoms with Crippen LogP contribution in [-0.4, -0.2) is 9.97 Å². The fraction of sp³-hybridized carbons (Fsp3) is 0. The lowest BCUT2D eigenvalue weighted by molar-refractivity contribution is 1.41. The van der Waals surface area contributed by atoms with E-state index in [-0.39, 0.29) is 0 Å². The Morgan fingerprint density at radius 3 is 1.81 bits per heavy atom. The molecule has 8 aromatic rings. The molecule has 0 atom stereocenters. The average Bonchev–Trinajstić information content (AvgIpc) is 3.09. The maximum atomic E-state index is 5.30. The van der Waals surface area contributed by atoms with Crippen LogP contribution in [-0.2, 0) is 0 Å². The lowest BCUT2D eigenvalue weighted by Crippen LogP contribution is -2.20. The molecule has 43 heavy (non-hydrogen) atoms. The maximum Gasteiger partial charge on any atom is 0.0788 e. The van der Waals surface area contributed by atoms with E-state index in [4.69, 9.17) is 9.97 Å². The number of aromatic nitrogens is 2. The van der Waals surface area contributed by atoms with Crippen LogP contribution in [0, 0.1) is 0 Å². The summed E-state index contributed by atoms with van der Waals surface area (Å²) in [5.74, 6) is 0. The molecule has 0 spiro atoms. The van der Waals surface area contributed by atoms with Gasteiger partial charge in [0.1, 0.15) is 0 Å². The summed E-state index contributed by atoms with van der Waals surface area (Å²) in [6.07, 6.45) is 1.88. The van der Waals surface area contributed by atoms with Crippen LogP contribution in [0.25, 0.3) is 55.0 Å². The molecule has 0 saturated carbocycles. The predicted octanol–water partition coefficient (Wildman–Crippen LogP) is 9.03. The second kappa shape index (κ2) is 10.9. The lowest BCUT2D eigenvalue weighted by Gasteiger charge is -2.20. The van der Waals surface area contributed by atoms with E-state index in [2.05, 4.69) is 152 Å². The highest BCUT2D eigenvalue weighted by molar-refractivity contribution is 7.79. The van der Waals surface area contributed by atoms with Gasteiger partial charge in [0.2, 0.25) is 0 Å². The highest BCUT2D eigenvalue weighted by atomic mass is 31.1. The molecular weight excluding hydrogens is 539 g/mol. The molecule has 0 unspecified atom stereocenters. The molecule has 3 heteroatoms. The fourth-order valence-corrected chi connectivity index (χ4v) is 8.39. The molecule has 2 heterocycles. The van der Waals surface area contributed by atoms with E-state index in [1.807, 2.05) is 12.3 Å². The molecular formula is C40H27N2P. The van der Waals surface area contributed by atoms with Gasteiger partial charge >= 0.3 is 0 Å². The van der Waals surface area contributed by atoms with Crippen molar-refractivity contribution in [2.45, 2.75) is 0 Å². The van der Waals surface area contributed by atoms with Crippen LogP contribution in [0.4, 0.5) is 0 Å². The zero-order chi connectivity index (χ0) is 28.6. The molecule has 0 aliphatic carbocycles. The Balaban J connectivity index is 1.33. The van der Waals surface area contributed by atoms with Gasteiger partial charge in [-0.1, -0.05) is 140 Å². The predicted molar refractivity (Wildman–Crippen MR) is 184 cm³/mol. The Kier molecular flexibility index (Phi) is 6.48. The number of fused-ring (bicyclic) bond motifs is 5. The van der Waals surface area contributed by atoms with Crippen LogP contribution in [0.2, 0.25) is 0 Å². The summed E-state index contributed by atoms with van der Waals surface area (Å²) in [6, 6.07) is 56.4. The largest absolute Gasteiger partial charge is 0.256 e. The van der Waals surface area contributed by atoms with E-state index < -0.39 is 7.92 Å². The number of hydrogen-bond donors (Lipinski definition) is 0. The monoisotopic (exact) mass is 566 g/mol. The number of nitrogens with zero attached hydrogens (tertiary/aromatic N) is 2. The minimum absolute atomic E-state index is 0.690. The average molecular weight is 567 g/mol. The lowest BCUT2D eigenvalue weighted by atomic mass is 9.96. The van der Waals surface area contributed by atoms with Crippen LogP contribution in [0.3, 0.4) is 0 Å². The third-order valence-corrected chi connectivity index (χ3v) is 10.5. The van der Waals surface area contributed by atoms with Gasteiger partial charge in [0.05, 0.1) is 16.7 Å². The van der Waals surface area contributed by atoms with Crippen molar-refractivity contribution in [1.29, 1.82) is 0 Å². The van der Waals surface area contributed by atoms with Crippen molar-refractivity contribution in [3.63, 3.8) is 0 Å². The Bertz CT molecular complexity index is 2190. The minimum Gasteiger partial charge on any atom is -0.256 e. The van der Waals surface area contributed by atoms with Gasteiger partial charge in [-0.15, -0.1) is 0 Å². The number of rotatable bonds is 5. The first kappa shape index (κ1) is 25.5. The maximum absolute atomic E-state index is 5.30. The topological polar surface area (TPSA) is 25.8 Å². The fourth-order valence-electron chi connectivity index (χ4n) is 6.05. The summed E-state index contributed by atoms with van der Waals surface area (Å²) in [4.78, 5) is 10.1. The van der Waals surface area contributed by atoms with Crippen molar-refractivity contribution in [2.75, 3.05) is 0 Å². The van der Waals surface area contributed by atoms with Crippen molar-refractivity contribution in [3.05, 3.63) is 164 Å². The molecule has 6 aromatic carbocycles. The van der Waals surface area contributed by atoms with Gasteiger partial charge in [0, 0.05) is 33.3 Å². The number of benzene rings is 6. The van der Waals surface area contributed by atoms with E-state index >= 15 is 0 Å². The molecule has 8 rings (SSSR count). The van der Waals surface area contributed by atoms with E-state index in [0.29, 0.717) is 0 Å². The molecule has 0 fully saturated rings. The van der Waals surface area contributed by atoms with Crippen molar-refractivity contribution in [3.8, 4) is 22.4 Å². The molecule has 0 aliphatic rings. The van der Waals surface area contributed by atoms with E-state index in [1.54, 1.807) is 0 Å². The number of hydrogen-bond acceptors (Lipinski definition) is 2. The van der Waals surface area contributed by atoms with E-state index in [1.165, 1.54) is 21.5 Å². The molecule has 202 valence electrons. The van der Waals surface area contributed by atoms with Crippen LogP contribution in [0.1, 0.15) is 0 Å². The summed E-state index contributed by atoms with van der Waals surface area (Å²) in [5.41, 5.74) is 6.42. The molecule has 2 aromatic heterocycles. The molecule has 2 nitrogen and oxygen atoms in total. The van der Waals surface area contributed by atoms with Gasteiger partial charge in [-0.05, 0) is 53.2 Å².